The van der Waals surface area contributed by atoms with E-state index in [-0.39, 0.29) is 65.7 Å². The Morgan fingerprint density at radius 3 is 1.07 bits per heavy atom. The van der Waals surface area contributed by atoms with Crippen LogP contribution in [0.3, 0.4) is 0 Å². The number of carbonyl (C=O) groups excluding carboxylic acids is 8. The van der Waals surface area contributed by atoms with Crippen LogP contribution in [0.15, 0.2) is 188 Å². The van der Waals surface area contributed by atoms with E-state index < -0.39 is 30.4 Å². The van der Waals surface area contributed by atoms with Crippen molar-refractivity contribution in [2.45, 2.75) is 109 Å². The number of aldehydes is 2. The monoisotopic (exact) mass is 1290 g/mol. The van der Waals surface area contributed by atoms with Crippen LogP contribution >= 0.6 is 0 Å². The van der Waals surface area contributed by atoms with Crippen molar-refractivity contribution in [1.82, 2.24) is 16.4 Å². The summed E-state index contributed by atoms with van der Waals surface area (Å²) >= 11 is 0. The number of Topliss-reactive ketones (excluding diaryl/α,β-unsaturated/α-hetero) is 3. The van der Waals surface area contributed by atoms with Gasteiger partial charge in [-0.1, -0.05) is 140 Å². The lowest BCUT2D eigenvalue weighted by atomic mass is 9.99. The molecule has 7 aromatic rings. The highest BCUT2D eigenvalue weighted by molar-refractivity contribution is 5.98. The Kier molecular flexibility index (Phi) is 33.9. The highest BCUT2D eigenvalue weighted by Crippen LogP contribution is 2.22. The van der Waals surface area contributed by atoms with Crippen molar-refractivity contribution in [3.8, 4) is 0 Å². The number of carbonyl (C=O) groups is 9. The van der Waals surface area contributed by atoms with Gasteiger partial charge in [0.2, 0.25) is 0 Å². The molecular formula is C71H78N4O19. The fourth-order valence-electron chi connectivity index (χ4n) is 8.72. The van der Waals surface area contributed by atoms with Crippen molar-refractivity contribution in [2.75, 3.05) is 19.8 Å². The number of carboxylic acids is 1. The number of nitrogens with one attached hydrogen (secondary N) is 3. The second-order valence-electron chi connectivity index (χ2n) is 21.0. The van der Waals surface area contributed by atoms with Crippen LogP contribution in [0.4, 0.5) is 0 Å². The maximum absolute atomic E-state index is 12.2. The molecule has 3 aliphatic rings. The summed E-state index contributed by atoms with van der Waals surface area (Å²) in [6, 6.07) is 51.3. The van der Waals surface area contributed by atoms with E-state index in [4.69, 9.17) is 40.1 Å². The third kappa shape index (κ3) is 27.7. The molecule has 5 atom stereocenters. The van der Waals surface area contributed by atoms with Crippen molar-refractivity contribution < 1.29 is 92.4 Å². The Morgan fingerprint density at radius 2 is 0.787 bits per heavy atom. The molecule has 3 amide bonds. The molecule has 0 spiro atoms. The quantitative estimate of drug-likeness (QED) is 0.0152. The Balaban J connectivity index is 0.000000215. The molecule has 496 valence electrons. The third-order valence-electron chi connectivity index (χ3n) is 14.1. The van der Waals surface area contributed by atoms with Crippen molar-refractivity contribution in [2.24, 2.45) is 5.90 Å². The number of benzene rings is 7. The van der Waals surface area contributed by atoms with E-state index in [1.54, 1.807) is 116 Å². The zero-order chi connectivity index (χ0) is 67.9. The van der Waals surface area contributed by atoms with Gasteiger partial charge in [-0.05, 0) is 105 Å². The molecule has 94 heavy (non-hydrogen) atoms. The van der Waals surface area contributed by atoms with Crippen molar-refractivity contribution in [3.05, 3.63) is 249 Å². The van der Waals surface area contributed by atoms with Gasteiger partial charge in [0.05, 0.1) is 17.8 Å². The van der Waals surface area contributed by atoms with Gasteiger partial charge in [-0.2, -0.15) is 0 Å². The minimum absolute atomic E-state index is 0.0162. The van der Waals surface area contributed by atoms with Crippen molar-refractivity contribution >= 4 is 53.6 Å². The first-order valence-electron chi connectivity index (χ1n) is 30.2. The lowest BCUT2D eigenvalue weighted by Crippen LogP contribution is -2.33. The molecule has 3 saturated heterocycles. The van der Waals surface area contributed by atoms with E-state index in [0.29, 0.717) is 64.0 Å². The van der Waals surface area contributed by atoms with Gasteiger partial charge in [0.25, 0.3) is 17.7 Å². The number of hydrogen-bond acceptors (Lipinski definition) is 19. The highest BCUT2D eigenvalue weighted by Gasteiger charge is 2.20. The number of carboxylic acid groups (broad SMARTS) is 1. The van der Waals surface area contributed by atoms with Crippen LogP contribution in [0.5, 0.6) is 0 Å². The zero-order valence-electron chi connectivity index (χ0n) is 51.8. The van der Waals surface area contributed by atoms with E-state index in [1.165, 1.54) is 48.3 Å². The molecule has 7 aromatic carbocycles. The minimum Gasteiger partial charge on any atom is -0.478 e. The van der Waals surface area contributed by atoms with Gasteiger partial charge < -0.3 is 29.5 Å². The van der Waals surface area contributed by atoms with Gasteiger partial charge in [-0.25, -0.2) is 36.8 Å². The predicted molar refractivity (Wildman–Crippen MR) is 343 cm³/mol. The first-order chi connectivity index (χ1) is 45.5. The second kappa shape index (κ2) is 42.5. The molecule has 5 unspecified atom stereocenters. The number of ether oxygens (including phenoxy) is 3. The number of nitrogens with two attached hydrogens (primary N) is 1. The molecule has 0 bridgehead atoms. The summed E-state index contributed by atoms with van der Waals surface area (Å²) in [5.41, 5.74) is 11.6. The largest absolute Gasteiger partial charge is 0.478 e. The van der Waals surface area contributed by atoms with Crippen molar-refractivity contribution in [3.63, 3.8) is 0 Å². The summed E-state index contributed by atoms with van der Waals surface area (Å²) in [4.78, 5) is 116. The minimum atomic E-state index is -0.984. The number of hydrogen-bond donors (Lipinski definition) is 8. The van der Waals surface area contributed by atoms with Crippen LogP contribution in [0, 0.1) is 0 Å². The number of hydroxylamine groups is 3. The fourth-order valence-corrected chi connectivity index (χ4v) is 8.72. The average molecular weight is 1290 g/mol. The summed E-state index contributed by atoms with van der Waals surface area (Å²) < 4.78 is 15.8. The normalized spacial score (nSPS) is 15.9. The van der Waals surface area contributed by atoms with Crippen LogP contribution < -0.4 is 22.3 Å². The van der Waals surface area contributed by atoms with Gasteiger partial charge in [0.1, 0.15) is 12.6 Å². The van der Waals surface area contributed by atoms with E-state index in [1.807, 2.05) is 42.5 Å². The highest BCUT2D eigenvalue weighted by atomic mass is 16.8. The summed E-state index contributed by atoms with van der Waals surface area (Å²) in [7, 11) is 0. The molecule has 0 aliphatic carbocycles. The van der Waals surface area contributed by atoms with E-state index >= 15 is 0 Å². The Bertz CT molecular complexity index is 3420. The first-order valence-corrected chi connectivity index (χ1v) is 30.2. The maximum Gasteiger partial charge on any atom is 0.335 e. The van der Waals surface area contributed by atoms with Gasteiger partial charge in [-0.3, -0.25) is 48.4 Å². The molecule has 0 radical (unpaired) electrons. The van der Waals surface area contributed by atoms with Crippen LogP contribution in [0.1, 0.15) is 194 Å². The van der Waals surface area contributed by atoms with Gasteiger partial charge in [0.15, 0.2) is 36.2 Å². The number of aliphatic hydroxyl groups is 2. The molecule has 3 fully saturated rings. The second-order valence-corrected chi connectivity index (χ2v) is 21.0. The van der Waals surface area contributed by atoms with E-state index in [0.717, 1.165) is 69.8 Å². The summed E-state index contributed by atoms with van der Waals surface area (Å²) in [6.07, 6.45) is 7.43. The Hall–Kier alpha value is -9.63. The molecule has 0 saturated carbocycles. The number of ketones is 3. The molecule has 10 rings (SSSR count). The standard InChI is InChI=1S/C21H23NO5.C16H15NO4.C13H15NO4.C8H6O3.C8H8O.C5H11NO2/c23-18(15-6-2-1-3-7-15)14-19(24)16-9-11-17(12-10-16)21(25)22-27-20-8-4-5-13-26-20;18-14(11-4-2-1-3-5-11)10-15(19)12-6-8-13(9-7-12)16(20)17-21;15-9-10-4-6-11(7-5-10)13(16)14-18-12-3-1-2-8-17-12;9-5-6-1-3-7(4-2-6)8(10)11;1-7(9)8-5-3-2-4-6-8;6-8-5-3-1-2-4-7-5/h1-3,6-7,9-12,19-20,24H,4-5,8,13-14H2,(H,22,25);1-9,15,19,21H,10H2,(H,17,20);4-7,9,12H,1-3,8H2,(H,14,16);1-5H,(H,10,11);2-6H,1H3;5H,1-4,6H2. The van der Waals surface area contributed by atoms with Crippen LogP contribution in [-0.4, -0.2) is 113 Å². The summed E-state index contributed by atoms with van der Waals surface area (Å²) in [5.74, 6) is 2.37. The Morgan fingerprint density at radius 1 is 0.457 bits per heavy atom. The van der Waals surface area contributed by atoms with Crippen LogP contribution in [0.25, 0.3) is 0 Å². The lowest BCUT2D eigenvalue weighted by molar-refractivity contribution is -0.186. The molecule has 23 nitrogen and oxygen atoms in total. The molecule has 23 heteroatoms. The molecule has 3 aliphatic heterocycles. The smallest absolute Gasteiger partial charge is 0.335 e. The molecule has 9 N–H and O–H groups in total. The lowest BCUT2D eigenvalue weighted by Gasteiger charge is -2.22. The van der Waals surface area contributed by atoms with E-state index in [2.05, 4.69) is 15.8 Å². The van der Waals surface area contributed by atoms with Crippen molar-refractivity contribution in [1.29, 1.82) is 0 Å². The van der Waals surface area contributed by atoms with Gasteiger partial charge >= 0.3 is 5.97 Å². The Labute approximate surface area is 543 Å². The van der Waals surface area contributed by atoms with E-state index in [9.17, 15) is 53.4 Å². The molecular weight excluding hydrogens is 1210 g/mol. The molecule has 0 aromatic heterocycles. The maximum atomic E-state index is 12.2. The zero-order valence-corrected chi connectivity index (χ0v) is 51.8. The molecule has 3 heterocycles. The number of rotatable bonds is 20. The third-order valence-corrected chi connectivity index (χ3v) is 14.1. The number of amides is 3. The number of aromatic carboxylic acids is 1. The van der Waals surface area contributed by atoms with Crippen LogP contribution in [0.2, 0.25) is 0 Å². The number of aliphatic hydroxyl groups excluding tert-OH is 2. The van der Waals surface area contributed by atoms with Crippen LogP contribution in [-0.2, 0) is 28.7 Å². The SMILES string of the molecule is CC(=O)c1ccccc1.NOC1CCCCO1.O=C(CC(O)c1ccc(C(=O)NO)cc1)c1ccccc1.O=C(CC(O)c1ccc(C(=O)NOC2CCCCO2)cc1)c1ccccc1.O=Cc1ccc(C(=O)NOC2CCCCO2)cc1.O=Cc1ccc(C(=O)O)cc1. The fraction of sp³-hybridized carbons (Fsp3) is 0.282. The summed E-state index contributed by atoms with van der Waals surface area (Å²) in [6.45, 7) is 3.65. The van der Waals surface area contributed by atoms with Gasteiger partial charge in [0, 0.05) is 96.4 Å². The first kappa shape index (κ1) is 75.1. The van der Waals surface area contributed by atoms with Gasteiger partial charge in [-0.15, -0.1) is 0 Å². The summed E-state index contributed by atoms with van der Waals surface area (Å²) in [5, 5.41) is 37.3. The average Bonchev–Trinajstić information content (AvgIpc) is 1.77. The topological polar surface area (TPSA) is 352 Å². The predicted octanol–water partition coefficient (Wildman–Crippen LogP) is 10.5.